The van der Waals surface area contributed by atoms with Crippen LogP contribution in [-0.2, 0) is 6.54 Å². The maximum Gasteiger partial charge on any atom is 0.177 e. The lowest BCUT2D eigenvalue weighted by atomic mass is 10.1. The van der Waals surface area contributed by atoms with Crippen LogP contribution in [0, 0.1) is 4.77 Å². The molecule has 0 fully saturated rings. The summed E-state index contributed by atoms with van der Waals surface area (Å²) < 4.78 is 4.04. The zero-order chi connectivity index (χ0) is 12.4. The third-order valence-corrected chi connectivity index (χ3v) is 3.61. The fourth-order valence-corrected chi connectivity index (χ4v) is 2.32. The molecule has 1 N–H and O–H groups in total. The third kappa shape index (κ3) is 2.87. The summed E-state index contributed by atoms with van der Waals surface area (Å²) in [7, 11) is 0. The van der Waals surface area contributed by atoms with Crippen molar-refractivity contribution in [3.05, 3.63) is 51.0 Å². The average Bonchev–Trinajstić information content (AvgIpc) is 2.64. The van der Waals surface area contributed by atoms with Gasteiger partial charge in [0.1, 0.15) is 0 Å². The molecule has 0 aliphatic heterocycles. The molecule has 0 aliphatic rings. The minimum Gasteiger partial charge on any atom is -0.337 e. The topological polar surface area (TPSA) is 20.7 Å². The number of halogens is 1. The summed E-state index contributed by atoms with van der Waals surface area (Å²) in [6, 6.07) is 8.34. The van der Waals surface area contributed by atoms with Gasteiger partial charge in [-0.1, -0.05) is 41.9 Å². The number of hydrogen-bond donors (Lipinski definition) is 1. The Balaban J connectivity index is 2.32. The molecule has 17 heavy (non-hydrogen) atoms. The molecule has 0 unspecified atom stereocenters. The van der Waals surface area contributed by atoms with Crippen molar-refractivity contribution in [1.29, 1.82) is 0 Å². The number of aromatic nitrogens is 2. The second kappa shape index (κ2) is 5.19. The van der Waals surface area contributed by atoms with E-state index in [4.69, 9.17) is 12.2 Å². The number of rotatable bonds is 3. The van der Waals surface area contributed by atoms with Crippen LogP contribution >= 0.6 is 28.1 Å². The molecule has 1 heterocycles. The Morgan fingerprint density at radius 1 is 1.29 bits per heavy atom. The molecular weight excluding hydrogens is 296 g/mol. The fourth-order valence-electron chi connectivity index (χ4n) is 1.82. The van der Waals surface area contributed by atoms with Crippen LogP contribution in [0.5, 0.6) is 0 Å². The zero-order valence-electron chi connectivity index (χ0n) is 9.90. The molecule has 0 saturated carbocycles. The van der Waals surface area contributed by atoms with Gasteiger partial charge in [-0.15, -0.1) is 0 Å². The number of benzene rings is 1. The largest absolute Gasteiger partial charge is 0.337 e. The van der Waals surface area contributed by atoms with Gasteiger partial charge in [0, 0.05) is 16.4 Å². The summed E-state index contributed by atoms with van der Waals surface area (Å²) in [6.45, 7) is 5.18. The summed E-state index contributed by atoms with van der Waals surface area (Å²) in [6.07, 6.45) is 2.01. The molecule has 0 bridgehead atoms. The third-order valence-electron chi connectivity index (χ3n) is 2.75. The molecule has 4 heteroatoms. The monoisotopic (exact) mass is 310 g/mol. The molecule has 2 rings (SSSR count). The Hall–Kier alpha value is -0.870. The maximum absolute atomic E-state index is 5.32. The van der Waals surface area contributed by atoms with Crippen LogP contribution in [-0.4, -0.2) is 9.55 Å². The normalized spacial score (nSPS) is 11.1. The van der Waals surface area contributed by atoms with Gasteiger partial charge in [-0.2, -0.15) is 0 Å². The van der Waals surface area contributed by atoms with Crippen LogP contribution in [0.15, 0.2) is 34.9 Å². The lowest BCUT2D eigenvalue weighted by Crippen LogP contribution is -2.05. The molecule has 90 valence electrons. The van der Waals surface area contributed by atoms with E-state index in [0.29, 0.717) is 5.92 Å². The van der Waals surface area contributed by atoms with E-state index in [-0.39, 0.29) is 0 Å². The fraction of sp³-hybridized carbons (Fsp3) is 0.308. The van der Waals surface area contributed by atoms with Gasteiger partial charge in [-0.3, -0.25) is 0 Å². The van der Waals surface area contributed by atoms with E-state index in [1.54, 1.807) is 0 Å². The first-order chi connectivity index (χ1) is 8.08. The average molecular weight is 311 g/mol. The first-order valence-electron chi connectivity index (χ1n) is 5.60. The Kier molecular flexibility index (Phi) is 3.84. The van der Waals surface area contributed by atoms with Crippen molar-refractivity contribution in [2.45, 2.75) is 26.3 Å². The molecule has 0 radical (unpaired) electrons. The van der Waals surface area contributed by atoms with Crippen LogP contribution in [0.3, 0.4) is 0 Å². The van der Waals surface area contributed by atoms with Gasteiger partial charge >= 0.3 is 0 Å². The van der Waals surface area contributed by atoms with Gasteiger partial charge in [0.25, 0.3) is 0 Å². The van der Waals surface area contributed by atoms with Crippen molar-refractivity contribution in [2.24, 2.45) is 0 Å². The molecule has 2 aromatic rings. The van der Waals surface area contributed by atoms with Crippen LogP contribution in [0.25, 0.3) is 0 Å². The highest BCUT2D eigenvalue weighted by Gasteiger charge is 2.08. The number of imidazole rings is 1. The minimum atomic E-state index is 0.471. The summed E-state index contributed by atoms with van der Waals surface area (Å²) in [5, 5.41) is 0. The second-order valence-corrected chi connectivity index (χ2v) is 5.69. The second-order valence-electron chi connectivity index (χ2n) is 4.39. The predicted molar refractivity (Wildman–Crippen MR) is 76.9 cm³/mol. The molecule has 0 spiro atoms. The molecule has 0 aliphatic carbocycles. The van der Waals surface area contributed by atoms with E-state index in [1.165, 1.54) is 11.3 Å². The van der Waals surface area contributed by atoms with E-state index in [2.05, 4.69) is 63.6 Å². The Bertz CT molecular complexity index is 552. The molecule has 0 amide bonds. The lowest BCUT2D eigenvalue weighted by molar-refractivity contribution is 0.684. The van der Waals surface area contributed by atoms with Crippen LogP contribution in [0.1, 0.15) is 31.0 Å². The number of H-pyrrole nitrogens is 1. The van der Waals surface area contributed by atoms with Gasteiger partial charge in [0.15, 0.2) is 4.77 Å². The highest BCUT2D eigenvalue weighted by Crippen LogP contribution is 2.17. The van der Waals surface area contributed by atoms with Gasteiger partial charge < -0.3 is 9.55 Å². The SMILES string of the molecule is CC(C)c1c[nH]c(=S)n1Cc1ccc(Br)cc1. The van der Waals surface area contributed by atoms with Crippen molar-refractivity contribution in [2.75, 3.05) is 0 Å². The van der Waals surface area contributed by atoms with E-state index in [9.17, 15) is 0 Å². The summed E-state index contributed by atoms with van der Waals surface area (Å²) in [5.41, 5.74) is 2.50. The quantitative estimate of drug-likeness (QED) is 0.829. The van der Waals surface area contributed by atoms with Crippen molar-refractivity contribution in [3.63, 3.8) is 0 Å². The minimum absolute atomic E-state index is 0.471. The molecular formula is C13H15BrN2S. The summed E-state index contributed by atoms with van der Waals surface area (Å²) in [4.78, 5) is 3.12. The Morgan fingerprint density at radius 3 is 2.53 bits per heavy atom. The molecule has 1 aromatic carbocycles. The predicted octanol–water partition coefficient (Wildman–Crippen LogP) is 4.48. The number of hydrogen-bond acceptors (Lipinski definition) is 1. The van der Waals surface area contributed by atoms with E-state index in [1.807, 2.05) is 6.20 Å². The van der Waals surface area contributed by atoms with Crippen LogP contribution in [0.4, 0.5) is 0 Å². The van der Waals surface area contributed by atoms with Crippen molar-refractivity contribution >= 4 is 28.1 Å². The zero-order valence-corrected chi connectivity index (χ0v) is 12.3. The van der Waals surface area contributed by atoms with Gasteiger partial charge in [-0.25, -0.2) is 0 Å². The maximum atomic E-state index is 5.32. The van der Waals surface area contributed by atoms with E-state index < -0.39 is 0 Å². The van der Waals surface area contributed by atoms with Crippen molar-refractivity contribution < 1.29 is 0 Å². The van der Waals surface area contributed by atoms with Crippen molar-refractivity contribution in [1.82, 2.24) is 9.55 Å². The van der Waals surface area contributed by atoms with Gasteiger partial charge in [0.05, 0.1) is 6.54 Å². The van der Waals surface area contributed by atoms with E-state index >= 15 is 0 Å². The van der Waals surface area contributed by atoms with Crippen LogP contribution < -0.4 is 0 Å². The standard InChI is InChI=1S/C13H15BrN2S/c1-9(2)12-7-15-13(17)16(12)8-10-3-5-11(14)6-4-10/h3-7,9H,8H2,1-2H3,(H,15,17). The van der Waals surface area contributed by atoms with E-state index in [0.717, 1.165) is 15.8 Å². The van der Waals surface area contributed by atoms with Gasteiger partial charge in [-0.05, 0) is 35.8 Å². The number of nitrogens with zero attached hydrogens (tertiary/aromatic N) is 1. The highest BCUT2D eigenvalue weighted by atomic mass is 79.9. The molecule has 1 aromatic heterocycles. The summed E-state index contributed by atoms with van der Waals surface area (Å²) in [5.74, 6) is 0.471. The lowest BCUT2D eigenvalue weighted by Gasteiger charge is -2.11. The Labute approximate surface area is 115 Å². The summed E-state index contributed by atoms with van der Waals surface area (Å²) >= 11 is 8.76. The molecule has 0 atom stereocenters. The van der Waals surface area contributed by atoms with Crippen molar-refractivity contribution in [3.8, 4) is 0 Å². The number of nitrogens with one attached hydrogen (secondary N) is 1. The first-order valence-corrected chi connectivity index (χ1v) is 6.80. The highest BCUT2D eigenvalue weighted by molar-refractivity contribution is 9.10. The van der Waals surface area contributed by atoms with Crippen LogP contribution in [0.2, 0.25) is 0 Å². The molecule has 2 nitrogen and oxygen atoms in total. The molecule has 0 saturated heterocycles. The van der Waals surface area contributed by atoms with Gasteiger partial charge in [0.2, 0.25) is 0 Å². The smallest absolute Gasteiger partial charge is 0.177 e. The Morgan fingerprint density at radius 2 is 1.94 bits per heavy atom. The number of aromatic amines is 1. The first kappa shape index (κ1) is 12.6.